The van der Waals surface area contributed by atoms with Crippen LogP contribution >= 0.6 is 0 Å². The highest BCUT2D eigenvalue weighted by Gasteiger charge is 2.30. The van der Waals surface area contributed by atoms with Gasteiger partial charge in [0.1, 0.15) is 0 Å². The van der Waals surface area contributed by atoms with Crippen LogP contribution in [0.15, 0.2) is 0 Å². The standard InChI is InChI=1S/C13H27N3/c1-3-14-12(2)6-8-15-9-10-16-7-4-5-13(16)11-15/h12-14H,3-11H2,1-2H3. The fourth-order valence-electron chi connectivity index (χ4n) is 3.09. The Morgan fingerprint density at radius 2 is 2.19 bits per heavy atom. The molecule has 2 unspecified atom stereocenters. The van der Waals surface area contributed by atoms with Gasteiger partial charge in [-0.2, -0.15) is 0 Å². The third-order valence-corrected chi connectivity index (χ3v) is 4.10. The largest absolute Gasteiger partial charge is 0.314 e. The van der Waals surface area contributed by atoms with Crippen LogP contribution in [0.4, 0.5) is 0 Å². The molecule has 0 aromatic rings. The molecule has 94 valence electrons. The smallest absolute Gasteiger partial charge is 0.0224 e. The molecule has 3 heteroatoms. The first-order chi connectivity index (χ1) is 7.79. The summed E-state index contributed by atoms with van der Waals surface area (Å²) in [5.74, 6) is 0. The van der Waals surface area contributed by atoms with Crippen molar-refractivity contribution < 1.29 is 0 Å². The lowest BCUT2D eigenvalue weighted by Crippen LogP contribution is -2.50. The third-order valence-electron chi connectivity index (χ3n) is 4.10. The van der Waals surface area contributed by atoms with Crippen molar-refractivity contribution in [2.75, 3.05) is 39.3 Å². The van der Waals surface area contributed by atoms with Crippen molar-refractivity contribution in [1.29, 1.82) is 0 Å². The molecule has 1 N–H and O–H groups in total. The van der Waals surface area contributed by atoms with E-state index in [0.29, 0.717) is 6.04 Å². The van der Waals surface area contributed by atoms with E-state index < -0.39 is 0 Å². The summed E-state index contributed by atoms with van der Waals surface area (Å²) in [6.07, 6.45) is 4.14. The molecule has 3 nitrogen and oxygen atoms in total. The number of nitrogens with zero attached hydrogens (tertiary/aromatic N) is 2. The maximum Gasteiger partial charge on any atom is 0.0224 e. The van der Waals surface area contributed by atoms with Gasteiger partial charge < -0.3 is 10.2 Å². The summed E-state index contributed by atoms with van der Waals surface area (Å²) >= 11 is 0. The number of rotatable bonds is 5. The Hall–Kier alpha value is -0.120. The lowest BCUT2D eigenvalue weighted by Gasteiger charge is -2.37. The molecule has 2 heterocycles. The molecule has 0 saturated carbocycles. The minimum atomic E-state index is 0.673. The van der Waals surface area contributed by atoms with Gasteiger partial charge in [-0.05, 0) is 45.8 Å². The third kappa shape index (κ3) is 3.19. The summed E-state index contributed by atoms with van der Waals surface area (Å²) in [7, 11) is 0. The van der Waals surface area contributed by atoms with Crippen LogP contribution < -0.4 is 5.32 Å². The van der Waals surface area contributed by atoms with Crippen molar-refractivity contribution in [2.24, 2.45) is 0 Å². The topological polar surface area (TPSA) is 18.5 Å². The van der Waals surface area contributed by atoms with Crippen LogP contribution in [0, 0.1) is 0 Å². The Bertz CT molecular complexity index is 207. The molecule has 2 saturated heterocycles. The van der Waals surface area contributed by atoms with Crippen molar-refractivity contribution in [2.45, 2.75) is 45.2 Å². The molecule has 2 atom stereocenters. The van der Waals surface area contributed by atoms with Gasteiger partial charge in [0.15, 0.2) is 0 Å². The number of fused-ring (bicyclic) bond motifs is 1. The zero-order chi connectivity index (χ0) is 11.4. The van der Waals surface area contributed by atoms with Gasteiger partial charge in [0.25, 0.3) is 0 Å². The van der Waals surface area contributed by atoms with Crippen LogP contribution in [0.5, 0.6) is 0 Å². The first kappa shape index (κ1) is 12.3. The van der Waals surface area contributed by atoms with Crippen LogP contribution in [0.3, 0.4) is 0 Å². The molecule has 2 rings (SSSR count). The van der Waals surface area contributed by atoms with E-state index >= 15 is 0 Å². The Morgan fingerprint density at radius 1 is 1.31 bits per heavy atom. The van der Waals surface area contributed by atoms with Crippen LogP contribution in [-0.2, 0) is 0 Å². The molecule has 2 aliphatic rings. The summed E-state index contributed by atoms with van der Waals surface area (Å²) < 4.78 is 0. The molecular weight excluding hydrogens is 198 g/mol. The fourth-order valence-corrected chi connectivity index (χ4v) is 3.09. The molecule has 0 aromatic carbocycles. The van der Waals surface area contributed by atoms with Gasteiger partial charge >= 0.3 is 0 Å². The monoisotopic (exact) mass is 225 g/mol. The van der Waals surface area contributed by atoms with Crippen LogP contribution in [0.25, 0.3) is 0 Å². The van der Waals surface area contributed by atoms with Crippen LogP contribution in [-0.4, -0.2) is 61.2 Å². The van der Waals surface area contributed by atoms with Gasteiger partial charge in [-0.1, -0.05) is 6.92 Å². The van der Waals surface area contributed by atoms with Crippen LogP contribution in [0.1, 0.15) is 33.1 Å². The van der Waals surface area contributed by atoms with Crippen molar-refractivity contribution in [3.05, 3.63) is 0 Å². The normalized spacial score (nSPS) is 29.2. The van der Waals surface area contributed by atoms with E-state index in [9.17, 15) is 0 Å². The summed E-state index contributed by atoms with van der Waals surface area (Å²) in [6, 6.07) is 1.55. The van der Waals surface area contributed by atoms with E-state index in [0.717, 1.165) is 12.6 Å². The quantitative estimate of drug-likeness (QED) is 0.757. The van der Waals surface area contributed by atoms with Gasteiger partial charge in [0.2, 0.25) is 0 Å². The fraction of sp³-hybridized carbons (Fsp3) is 1.00. The van der Waals surface area contributed by atoms with E-state index in [4.69, 9.17) is 0 Å². The first-order valence-corrected chi connectivity index (χ1v) is 6.99. The second-order valence-corrected chi connectivity index (χ2v) is 5.38. The molecule has 0 bridgehead atoms. The lowest BCUT2D eigenvalue weighted by atomic mass is 10.1. The van der Waals surface area contributed by atoms with Crippen molar-refractivity contribution >= 4 is 0 Å². The molecule has 0 radical (unpaired) electrons. The zero-order valence-corrected chi connectivity index (χ0v) is 10.9. The predicted octanol–water partition coefficient (Wildman–Crippen LogP) is 1.15. The second-order valence-electron chi connectivity index (χ2n) is 5.38. The Kier molecular flexibility index (Phi) is 4.62. The summed E-state index contributed by atoms with van der Waals surface area (Å²) in [5.41, 5.74) is 0. The van der Waals surface area contributed by atoms with Crippen molar-refractivity contribution in [3.8, 4) is 0 Å². The van der Waals surface area contributed by atoms with Gasteiger partial charge in [-0.15, -0.1) is 0 Å². The first-order valence-electron chi connectivity index (χ1n) is 6.99. The maximum absolute atomic E-state index is 3.49. The molecule has 0 spiro atoms. The van der Waals surface area contributed by atoms with Gasteiger partial charge in [0.05, 0.1) is 0 Å². The minimum absolute atomic E-state index is 0.673. The molecule has 16 heavy (non-hydrogen) atoms. The van der Waals surface area contributed by atoms with E-state index in [1.807, 2.05) is 0 Å². The highest BCUT2D eigenvalue weighted by Crippen LogP contribution is 2.21. The number of hydrogen-bond acceptors (Lipinski definition) is 3. The lowest BCUT2D eigenvalue weighted by molar-refractivity contribution is 0.102. The number of nitrogens with one attached hydrogen (secondary N) is 1. The van der Waals surface area contributed by atoms with E-state index in [1.54, 1.807) is 0 Å². The van der Waals surface area contributed by atoms with Gasteiger partial charge in [-0.3, -0.25) is 4.90 Å². The summed E-state index contributed by atoms with van der Waals surface area (Å²) in [4.78, 5) is 5.35. The Balaban J connectivity index is 1.67. The second kappa shape index (κ2) is 5.99. The Morgan fingerprint density at radius 3 is 3.00 bits per heavy atom. The molecule has 0 aromatic heterocycles. The Labute approximate surface area is 100 Å². The van der Waals surface area contributed by atoms with Crippen LogP contribution in [0.2, 0.25) is 0 Å². The minimum Gasteiger partial charge on any atom is -0.314 e. The van der Waals surface area contributed by atoms with Crippen molar-refractivity contribution in [1.82, 2.24) is 15.1 Å². The zero-order valence-electron chi connectivity index (χ0n) is 10.9. The van der Waals surface area contributed by atoms with E-state index in [1.165, 1.54) is 52.0 Å². The average molecular weight is 225 g/mol. The SMILES string of the molecule is CCNC(C)CCN1CCN2CCCC2C1. The molecule has 2 fully saturated rings. The number of piperazine rings is 1. The highest BCUT2D eigenvalue weighted by atomic mass is 15.3. The summed E-state index contributed by atoms with van der Waals surface area (Å²) in [5, 5.41) is 3.49. The predicted molar refractivity (Wildman–Crippen MR) is 68.8 cm³/mol. The highest BCUT2D eigenvalue weighted by molar-refractivity contribution is 4.86. The maximum atomic E-state index is 3.49. The molecule has 2 aliphatic heterocycles. The van der Waals surface area contributed by atoms with Gasteiger partial charge in [-0.25, -0.2) is 0 Å². The van der Waals surface area contributed by atoms with Crippen molar-refractivity contribution in [3.63, 3.8) is 0 Å². The van der Waals surface area contributed by atoms with Gasteiger partial charge in [0, 0.05) is 31.7 Å². The summed E-state index contributed by atoms with van der Waals surface area (Å²) in [6.45, 7) is 12.1. The molecular formula is C13H27N3. The number of hydrogen-bond donors (Lipinski definition) is 1. The molecule has 0 aliphatic carbocycles. The molecule has 0 amide bonds. The van der Waals surface area contributed by atoms with E-state index in [-0.39, 0.29) is 0 Å². The van der Waals surface area contributed by atoms with E-state index in [2.05, 4.69) is 29.0 Å². The average Bonchev–Trinajstić information content (AvgIpc) is 2.74.